The summed E-state index contributed by atoms with van der Waals surface area (Å²) >= 11 is 0. The van der Waals surface area contributed by atoms with Crippen molar-refractivity contribution in [2.75, 3.05) is 47.5 Å². The van der Waals surface area contributed by atoms with Gasteiger partial charge in [-0.15, -0.1) is 0 Å². The summed E-state index contributed by atoms with van der Waals surface area (Å²) in [7, 11) is 5.98. The van der Waals surface area contributed by atoms with Crippen LogP contribution in [0.5, 0.6) is 0 Å². The van der Waals surface area contributed by atoms with Crippen molar-refractivity contribution in [2.24, 2.45) is 0 Å². The van der Waals surface area contributed by atoms with E-state index >= 15 is 0 Å². The van der Waals surface area contributed by atoms with E-state index < -0.39 is 24.3 Å². The van der Waals surface area contributed by atoms with Crippen LogP contribution in [0.25, 0.3) is 0 Å². The number of carbonyl (C=O) groups excluding carboxylic acids is 2. The van der Waals surface area contributed by atoms with Gasteiger partial charge in [0.25, 0.3) is 6.29 Å². The topological polar surface area (TPSA) is 108 Å². The number of unbranched alkanes of at least 4 members (excludes halogenated alkanes) is 28. The Morgan fingerprint density at radius 1 is 0.291 bits per heavy atom. The first kappa shape index (κ1) is 97.1. The predicted octanol–water partition coefficient (Wildman–Crippen LogP) is 27.3. The molecule has 0 aliphatic rings. The second-order valence-corrected chi connectivity index (χ2v) is 28.3. The molecule has 0 aromatic heterocycles. The molecule has 103 heavy (non-hydrogen) atoms. The molecule has 9 nitrogen and oxygen atoms in total. The summed E-state index contributed by atoms with van der Waals surface area (Å²) in [6, 6.07) is 0. The fraction of sp³-hybridized carbons (Fsp3) is 0.628. The molecule has 2 unspecified atom stereocenters. The highest BCUT2D eigenvalue weighted by Crippen LogP contribution is 2.18. The standard InChI is InChI=1S/C94H153NO8/c1-6-8-10-12-14-16-18-20-22-24-26-28-30-32-34-36-38-40-42-44-45-46-47-49-51-53-55-57-59-61-63-65-67-69-71-73-75-77-79-81-83-85-92(97)103-90(89-102-94(93(98)99)100-87-86-95(3,4)5)88-101-91(96)84-82-80-78-76-74-72-70-68-66-64-62-60-58-56-54-52-50-48-43-41-39-37-35-33-31-29-27-25-23-21-19-17-15-13-11-9-7-2/h8-11,14-17,20-23,26-29,32-35,38-41,44-45,47-50,54,56,90,94H,6-7,12-13,18-19,24-25,30-31,36-37,42-43,46,51-53,55,57-89H2,1-5H3/p+1/b10-8-,11-9-,16-14-,17-15-,22-20-,23-21-,28-26-,29-27-,34-32-,35-33-,40-38-,41-39-,45-44-,49-47-,50-48-,56-54-. The summed E-state index contributed by atoms with van der Waals surface area (Å²) in [6.45, 7) is 4.65. The molecule has 2 atom stereocenters. The Labute approximate surface area is 633 Å². The van der Waals surface area contributed by atoms with Crippen LogP contribution < -0.4 is 0 Å². The first-order chi connectivity index (χ1) is 50.6. The first-order valence-corrected chi connectivity index (χ1v) is 41.6. The van der Waals surface area contributed by atoms with E-state index in [1.54, 1.807) is 0 Å². The number of nitrogens with zero attached hydrogens (tertiary/aromatic N) is 1. The van der Waals surface area contributed by atoms with E-state index in [1.165, 1.54) is 148 Å². The van der Waals surface area contributed by atoms with E-state index in [0.717, 1.165) is 141 Å². The van der Waals surface area contributed by atoms with Crippen molar-refractivity contribution < 1.29 is 42.9 Å². The van der Waals surface area contributed by atoms with Gasteiger partial charge in [0.2, 0.25) is 0 Å². The lowest BCUT2D eigenvalue weighted by molar-refractivity contribution is -0.870. The van der Waals surface area contributed by atoms with Gasteiger partial charge in [0.1, 0.15) is 13.2 Å². The Bertz CT molecular complexity index is 2410. The van der Waals surface area contributed by atoms with Gasteiger partial charge in [0.05, 0.1) is 34.4 Å². The van der Waals surface area contributed by atoms with Crippen molar-refractivity contribution in [1.82, 2.24) is 0 Å². The minimum Gasteiger partial charge on any atom is -0.477 e. The maximum absolute atomic E-state index is 13.0. The second-order valence-electron chi connectivity index (χ2n) is 28.3. The number of aliphatic carboxylic acids is 1. The van der Waals surface area contributed by atoms with Gasteiger partial charge in [-0.2, -0.15) is 0 Å². The van der Waals surface area contributed by atoms with Gasteiger partial charge >= 0.3 is 17.9 Å². The molecule has 1 N–H and O–H groups in total. The molecule has 0 spiro atoms. The predicted molar refractivity (Wildman–Crippen MR) is 446 cm³/mol. The average Bonchev–Trinajstić information content (AvgIpc) is 1.01. The van der Waals surface area contributed by atoms with Gasteiger partial charge in [-0.3, -0.25) is 9.59 Å². The largest absolute Gasteiger partial charge is 0.477 e. The number of likely N-dealkylation sites (N-methyl/N-ethyl adjacent to an activating group) is 1. The van der Waals surface area contributed by atoms with E-state index in [0.29, 0.717) is 23.9 Å². The van der Waals surface area contributed by atoms with Crippen molar-refractivity contribution >= 4 is 17.9 Å². The Balaban J connectivity index is 4.07. The summed E-state index contributed by atoms with van der Waals surface area (Å²) in [6.07, 6.45) is 123. The molecule has 0 amide bonds. The zero-order chi connectivity index (χ0) is 74.6. The van der Waals surface area contributed by atoms with E-state index in [1.807, 2.05) is 21.1 Å². The molecule has 0 fully saturated rings. The van der Waals surface area contributed by atoms with Crippen LogP contribution in [0.15, 0.2) is 194 Å². The van der Waals surface area contributed by atoms with Crippen molar-refractivity contribution in [3.63, 3.8) is 0 Å². The van der Waals surface area contributed by atoms with Crippen molar-refractivity contribution in [3.05, 3.63) is 194 Å². The number of quaternary nitrogens is 1. The van der Waals surface area contributed by atoms with E-state index in [4.69, 9.17) is 18.9 Å². The number of carbonyl (C=O) groups is 3. The lowest BCUT2D eigenvalue weighted by Gasteiger charge is -2.25. The monoisotopic (exact) mass is 1430 g/mol. The lowest BCUT2D eigenvalue weighted by Crippen LogP contribution is -2.40. The fourth-order valence-electron chi connectivity index (χ4n) is 11.1. The number of hydrogen-bond donors (Lipinski definition) is 1. The zero-order valence-electron chi connectivity index (χ0n) is 66.7. The van der Waals surface area contributed by atoms with Crippen LogP contribution in [-0.4, -0.2) is 87.4 Å². The minimum absolute atomic E-state index is 0.180. The summed E-state index contributed by atoms with van der Waals surface area (Å²) < 4.78 is 23.1. The van der Waals surface area contributed by atoms with Gasteiger partial charge < -0.3 is 28.5 Å². The number of hydrogen-bond acceptors (Lipinski definition) is 7. The van der Waals surface area contributed by atoms with Crippen LogP contribution in [-0.2, 0) is 33.3 Å². The van der Waals surface area contributed by atoms with Crippen LogP contribution in [0.3, 0.4) is 0 Å². The Morgan fingerprint density at radius 2 is 0.524 bits per heavy atom. The highest BCUT2D eigenvalue weighted by Gasteiger charge is 2.25. The van der Waals surface area contributed by atoms with Gasteiger partial charge in [0, 0.05) is 12.8 Å². The number of esters is 2. The fourth-order valence-corrected chi connectivity index (χ4v) is 11.1. The molecule has 0 saturated heterocycles. The van der Waals surface area contributed by atoms with Gasteiger partial charge in [-0.05, 0) is 141 Å². The molecule has 0 bridgehead atoms. The molecule has 582 valence electrons. The SMILES string of the molecule is CC/C=C\C/C=C\C/C=C\C/C=C\C/C=C\C/C=C\C/C=C\C/C=C\CCCCCCCCCCCCCCCCCCC(=O)OC(COC(=O)CCCCCCCCCCCCCC/C=C\C/C=C\C/C=C\C/C=C\C/C=C\C/C=C\C/C=C\C/C=C\CC)COC(OCC[N+](C)(C)C)C(=O)O. The molecular formula is C94H154NO8+. The van der Waals surface area contributed by atoms with E-state index in [-0.39, 0.29) is 32.2 Å². The molecule has 9 heteroatoms. The molecule has 0 aromatic carbocycles. The number of rotatable bonds is 75. The van der Waals surface area contributed by atoms with Crippen molar-refractivity contribution in [1.29, 1.82) is 0 Å². The van der Waals surface area contributed by atoms with Gasteiger partial charge in [-0.25, -0.2) is 4.79 Å². The van der Waals surface area contributed by atoms with E-state index in [9.17, 15) is 19.5 Å². The van der Waals surface area contributed by atoms with Crippen LogP contribution >= 0.6 is 0 Å². The summed E-state index contributed by atoms with van der Waals surface area (Å²) in [5.74, 6) is -2.01. The lowest BCUT2D eigenvalue weighted by atomic mass is 10.0. The maximum atomic E-state index is 13.0. The normalized spacial score (nSPS) is 13.7. The molecular weight excluding hydrogens is 1270 g/mol. The highest BCUT2D eigenvalue weighted by molar-refractivity contribution is 5.71. The van der Waals surface area contributed by atoms with Gasteiger partial charge in [0.15, 0.2) is 6.10 Å². The van der Waals surface area contributed by atoms with Crippen LogP contribution in [0.1, 0.15) is 322 Å². The van der Waals surface area contributed by atoms with Crippen LogP contribution in [0.2, 0.25) is 0 Å². The number of carboxylic acid groups (broad SMARTS) is 1. The molecule has 0 aliphatic heterocycles. The highest BCUT2D eigenvalue weighted by atomic mass is 16.7. The molecule has 0 radical (unpaired) electrons. The molecule has 0 aromatic rings. The third kappa shape index (κ3) is 83.3. The quantitative estimate of drug-likeness (QED) is 0.0211. The summed E-state index contributed by atoms with van der Waals surface area (Å²) in [5.41, 5.74) is 0. The number of allylic oxidation sites excluding steroid dienone is 32. The maximum Gasteiger partial charge on any atom is 0.361 e. The molecule has 0 heterocycles. The Morgan fingerprint density at radius 3 is 0.777 bits per heavy atom. The Hall–Kier alpha value is -5.87. The third-order valence-corrected chi connectivity index (χ3v) is 17.3. The minimum atomic E-state index is -1.52. The van der Waals surface area contributed by atoms with E-state index in [2.05, 4.69) is 208 Å². The van der Waals surface area contributed by atoms with Crippen LogP contribution in [0, 0.1) is 0 Å². The Kier molecular flexibility index (Phi) is 77.1. The summed E-state index contributed by atoms with van der Waals surface area (Å²) in [4.78, 5) is 37.8. The van der Waals surface area contributed by atoms with Crippen molar-refractivity contribution in [2.45, 2.75) is 334 Å². The summed E-state index contributed by atoms with van der Waals surface area (Å²) in [5, 5.41) is 9.79. The van der Waals surface area contributed by atoms with Gasteiger partial charge in [-0.1, -0.05) is 362 Å². The van der Waals surface area contributed by atoms with Crippen molar-refractivity contribution in [3.8, 4) is 0 Å². The molecule has 0 saturated carbocycles. The molecule has 0 aliphatic carbocycles. The number of ether oxygens (including phenoxy) is 4. The average molecular weight is 1430 g/mol. The second kappa shape index (κ2) is 81.8. The zero-order valence-corrected chi connectivity index (χ0v) is 66.7. The number of carboxylic acids is 1. The first-order valence-electron chi connectivity index (χ1n) is 41.6. The van der Waals surface area contributed by atoms with Crippen LogP contribution in [0.4, 0.5) is 0 Å². The molecule has 0 rings (SSSR count). The smallest absolute Gasteiger partial charge is 0.361 e. The third-order valence-electron chi connectivity index (χ3n) is 17.3.